The molecule has 0 amide bonds. The highest BCUT2D eigenvalue weighted by Crippen LogP contribution is 2.21. The lowest BCUT2D eigenvalue weighted by molar-refractivity contribution is 0.00657. The quantitative estimate of drug-likeness (QED) is 0.708. The zero-order valence-electron chi connectivity index (χ0n) is 9.33. The largest absolute Gasteiger partial charge is 0.394 e. The minimum absolute atomic E-state index is 0.123. The van der Waals surface area contributed by atoms with Crippen molar-refractivity contribution in [2.75, 3.05) is 19.8 Å². The molecule has 15 heavy (non-hydrogen) atoms. The molecule has 0 bridgehead atoms. The van der Waals surface area contributed by atoms with Crippen LogP contribution in [0.2, 0.25) is 0 Å². The van der Waals surface area contributed by atoms with Crippen LogP contribution in [0.25, 0.3) is 0 Å². The van der Waals surface area contributed by atoms with Crippen LogP contribution in [-0.2, 0) is 4.74 Å². The van der Waals surface area contributed by atoms with Gasteiger partial charge in [-0.05, 0) is 19.3 Å². The van der Waals surface area contributed by atoms with Gasteiger partial charge in [0.25, 0.3) is 0 Å². The summed E-state index contributed by atoms with van der Waals surface area (Å²) in [5, 5.41) is 21.5. The summed E-state index contributed by atoms with van der Waals surface area (Å²) in [6.07, 6.45) is 3.06. The maximum Gasteiger partial charge on any atom is 0.0638 e. The molecule has 1 fully saturated rings. The molecule has 4 heteroatoms. The Kier molecular flexibility index (Phi) is 5.03. The van der Waals surface area contributed by atoms with Gasteiger partial charge < -0.3 is 15.2 Å². The lowest BCUT2D eigenvalue weighted by atomic mass is 9.89. The first-order valence-electron chi connectivity index (χ1n) is 5.59. The zero-order valence-corrected chi connectivity index (χ0v) is 9.33. The van der Waals surface area contributed by atoms with Crippen LogP contribution in [0.5, 0.6) is 0 Å². The molecule has 1 atom stereocenters. The number of nitrogens with one attached hydrogen (secondary N) is 1. The average Bonchev–Trinajstić information content (AvgIpc) is 2.30. The van der Waals surface area contributed by atoms with E-state index in [-0.39, 0.29) is 18.2 Å². The third-order valence-corrected chi connectivity index (χ3v) is 3.09. The van der Waals surface area contributed by atoms with Crippen molar-refractivity contribution < 1.29 is 9.84 Å². The molecule has 1 heterocycles. The number of rotatable bonds is 5. The highest BCUT2D eigenvalue weighted by Gasteiger charge is 2.33. The standard InChI is InChI=1S/C11H20N2O2/c1-2-10(3-6-12)13-11(9-14)4-7-15-8-5-11/h10,13-14H,2-5,7-9H2,1H3. The molecule has 1 rings (SSSR count). The first-order chi connectivity index (χ1) is 7.26. The second-order valence-corrected chi connectivity index (χ2v) is 4.16. The van der Waals surface area contributed by atoms with Gasteiger partial charge in [0.2, 0.25) is 0 Å². The summed E-state index contributed by atoms with van der Waals surface area (Å²) in [7, 11) is 0. The molecule has 4 nitrogen and oxygen atoms in total. The van der Waals surface area contributed by atoms with Gasteiger partial charge in [-0.1, -0.05) is 6.92 Å². The number of ether oxygens (including phenoxy) is 1. The molecule has 0 spiro atoms. The smallest absolute Gasteiger partial charge is 0.0638 e. The Bertz CT molecular complexity index is 219. The Morgan fingerprint density at radius 1 is 1.53 bits per heavy atom. The van der Waals surface area contributed by atoms with E-state index in [1.807, 2.05) is 0 Å². The second-order valence-electron chi connectivity index (χ2n) is 4.16. The first-order valence-corrected chi connectivity index (χ1v) is 5.59. The van der Waals surface area contributed by atoms with E-state index >= 15 is 0 Å². The molecule has 0 aliphatic carbocycles. The Balaban J connectivity index is 2.53. The Morgan fingerprint density at radius 2 is 2.20 bits per heavy atom. The van der Waals surface area contributed by atoms with Crippen LogP contribution in [0.4, 0.5) is 0 Å². The van der Waals surface area contributed by atoms with Gasteiger partial charge in [-0.15, -0.1) is 0 Å². The molecule has 1 saturated heterocycles. The summed E-state index contributed by atoms with van der Waals surface area (Å²) in [5.74, 6) is 0. The Morgan fingerprint density at radius 3 is 2.67 bits per heavy atom. The summed E-state index contributed by atoms with van der Waals surface area (Å²) in [5.41, 5.74) is -0.226. The molecular weight excluding hydrogens is 192 g/mol. The van der Waals surface area contributed by atoms with Crippen LogP contribution in [0.15, 0.2) is 0 Å². The lowest BCUT2D eigenvalue weighted by Gasteiger charge is -2.39. The Hall–Kier alpha value is -0.630. The average molecular weight is 212 g/mol. The fourth-order valence-corrected chi connectivity index (χ4v) is 1.95. The minimum atomic E-state index is -0.226. The van der Waals surface area contributed by atoms with Crippen LogP contribution in [0, 0.1) is 11.3 Å². The number of aliphatic hydroxyl groups excluding tert-OH is 1. The van der Waals surface area contributed by atoms with Gasteiger partial charge >= 0.3 is 0 Å². The predicted molar refractivity (Wildman–Crippen MR) is 57.3 cm³/mol. The fourth-order valence-electron chi connectivity index (χ4n) is 1.95. The van der Waals surface area contributed by atoms with Crippen molar-refractivity contribution in [3.05, 3.63) is 0 Å². The van der Waals surface area contributed by atoms with Crippen LogP contribution in [0.3, 0.4) is 0 Å². The molecule has 0 aromatic heterocycles. The van der Waals surface area contributed by atoms with Crippen molar-refractivity contribution in [3.63, 3.8) is 0 Å². The lowest BCUT2D eigenvalue weighted by Crippen LogP contribution is -2.55. The van der Waals surface area contributed by atoms with Gasteiger partial charge in [0.1, 0.15) is 0 Å². The number of nitrogens with zero attached hydrogens (tertiary/aromatic N) is 1. The van der Waals surface area contributed by atoms with Crippen LogP contribution < -0.4 is 5.32 Å². The van der Waals surface area contributed by atoms with Crippen molar-refractivity contribution >= 4 is 0 Å². The molecule has 86 valence electrons. The van der Waals surface area contributed by atoms with Crippen molar-refractivity contribution in [2.24, 2.45) is 0 Å². The summed E-state index contributed by atoms with van der Waals surface area (Å²) in [4.78, 5) is 0. The van der Waals surface area contributed by atoms with Crippen LogP contribution >= 0.6 is 0 Å². The highest BCUT2D eigenvalue weighted by molar-refractivity contribution is 4.94. The third kappa shape index (κ3) is 3.45. The summed E-state index contributed by atoms with van der Waals surface area (Å²) in [6, 6.07) is 2.36. The molecule has 0 radical (unpaired) electrons. The molecule has 1 aliphatic heterocycles. The van der Waals surface area contributed by atoms with E-state index in [4.69, 9.17) is 10.00 Å². The van der Waals surface area contributed by atoms with Gasteiger partial charge in [0.15, 0.2) is 0 Å². The van der Waals surface area contributed by atoms with Crippen molar-refractivity contribution in [3.8, 4) is 6.07 Å². The van der Waals surface area contributed by atoms with Crippen LogP contribution in [0.1, 0.15) is 32.6 Å². The molecule has 1 aliphatic rings. The van der Waals surface area contributed by atoms with E-state index in [0.29, 0.717) is 19.6 Å². The molecule has 0 aromatic rings. The maximum atomic E-state index is 9.45. The number of aliphatic hydroxyl groups is 1. The van der Waals surface area contributed by atoms with Crippen molar-refractivity contribution in [1.29, 1.82) is 5.26 Å². The molecule has 0 saturated carbocycles. The molecule has 1 unspecified atom stereocenters. The van der Waals surface area contributed by atoms with E-state index in [1.54, 1.807) is 0 Å². The van der Waals surface area contributed by atoms with Crippen molar-refractivity contribution in [2.45, 2.75) is 44.2 Å². The minimum Gasteiger partial charge on any atom is -0.394 e. The van der Waals surface area contributed by atoms with E-state index in [2.05, 4.69) is 18.3 Å². The summed E-state index contributed by atoms with van der Waals surface area (Å²) < 4.78 is 5.29. The van der Waals surface area contributed by atoms with E-state index in [1.165, 1.54) is 0 Å². The molecule has 2 N–H and O–H groups in total. The maximum absolute atomic E-state index is 9.45. The zero-order chi connectivity index (χ0) is 11.1. The highest BCUT2D eigenvalue weighted by atomic mass is 16.5. The first kappa shape index (κ1) is 12.4. The van der Waals surface area contributed by atoms with Crippen molar-refractivity contribution in [1.82, 2.24) is 5.32 Å². The van der Waals surface area contributed by atoms with E-state index < -0.39 is 0 Å². The number of hydrogen-bond acceptors (Lipinski definition) is 4. The fraction of sp³-hybridized carbons (Fsp3) is 0.909. The summed E-state index contributed by atoms with van der Waals surface area (Å²) >= 11 is 0. The second kappa shape index (κ2) is 6.06. The van der Waals surface area contributed by atoms with Crippen LogP contribution in [-0.4, -0.2) is 36.5 Å². The monoisotopic (exact) mass is 212 g/mol. The normalized spacial score (nSPS) is 21.9. The van der Waals surface area contributed by atoms with E-state index in [9.17, 15) is 5.11 Å². The topological polar surface area (TPSA) is 65.3 Å². The van der Waals surface area contributed by atoms with Gasteiger partial charge in [0, 0.05) is 24.8 Å². The molecule has 0 aromatic carbocycles. The van der Waals surface area contributed by atoms with E-state index in [0.717, 1.165) is 19.3 Å². The van der Waals surface area contributed by atoms with Gasteiger partial charge in [0.05, 0.1) is 19.1 Å². The van der Waals surface area contributed by atoms with Gasteiger partial charge in [-0.2, -0.15) is 5.26 Å². The van der Waals surface area contributed by atoms with Gasteiger partial charge in [-0.3, -0.25) is 0 Å². The number of nitriles is 1. The number of hydrogen-bond donors (Lipinski definition) is 2. The van der Waals surface area contributed by atoms with Gasteiger partial charge in [-0.25, -0.2) is 0 Å². The molecular formula is C11H20N2O2. The summed E-state index contributed by atoms with van der Waals surface area (Å²) in [6.45, 7) is 3.56. The predicted octanol–water partition coefficient (Wildman–Crippen LogP) is 0.810. The Labute approximate surface area is 91.2 Å². The SMILES string of the molecule is CCC(CC#N)NC1(CO)CCOCC1. The third-order valence-electron chi connectivity index (χ3n) is 3.09.